The molecule has 0 aliphatic carbocycles. The third-order valence-corrected chi connectivity index (χ3v) is 1.38. The highest BCUT2D eigenvalue weighted by Gasteiger charge is 2.04. The van der Waals surface area contributed by atoms with E-state index in [9.17, 15) is 14.3 Å². The number of methoxy groups -OCH3 is 1. The van der Waals surface area contributed by atoms with Gasteiger partial charge in [0.05, 0.1) is 13.1 Å². The van der Waals surface area contributed by atoms with Crippen molar-refractivity contribution in [1.82, 2.24) is 0 Å². The molecule has 4 heteroatoms. The van der Waals surface area contributed by atoms with Crippen LogP contribution in [0.2, 0.25) is 0 Å². The summed E-state index contributed by atoms with van der Waals surface area (Å²) >= 11 is 0. The van der Waals surface area contributed by atoms with Crippen LogP contribution >= 0.6 is 0 Å². The Morgan fingerprint density at radius 1 is 1.58 bits per heavy atom. The summed E-state index contributed by atoms with van der Waals surface area (Å²) in [5.74, 6) is -1.99. The topological polar surface area (TPSA) is 49.4 Å². The van der Waals surface area contributed by atoms with E-state index in [0.29, 0.717) is 0 Å². The fourth-order valence-electron chi connectivity index (χ4n) is 0.840. The van der Waals surface area contributed by atoms with Crippen LogP contribution < -0.4 is 9.84 Å². The van der Waals surface area contributed by atoms with Gasteiger partial charge in [-0.1, -0.05) is 0 Å². The van der Waals surface area contributed by atoms with Crippen LogP contribution in [-0.4, -0.2) is 13.1 Å². The zero-order valence-electron chi connectivity index (χ0n) is 6.33. The van der Waals surface area contributed by atoms with Gasteiger partial charge in [0.1, 0.15) is 11.6 Å². The molecule has 0 heterocycles. The van der Waals surface area contributed by atoms with Gasteiger partial charge in [-0.2, -0.15) is 0 Å². The second kappa shape index (κ2) is 3.21. The summed E-state index contributed by atoms with van der Waals surface area (Å²) in [6, 6.07) is 3.21. The zero-order valence-corrected chi connectivity index (χ0v) is 6.33. The first kappa shape index (κ1) is 8.52. The highest BCUT2D eigenvalue weighted by atomic mass is 19.1. The van der Waals surface area contributed by atoms with E-state index in [1.54, 1.807) is 0 Å². The Balaban J connectivity index is 3.21. The van der Waals surface area contributed by atoms with Gasteiger partial charge in [0, 0.05) is 5.56 Å². The minimum atomic E-state index is -1.45. The summed E-state index contributed by atoms with van der Waals surface area (Å²) in [4.78, 5) is 10.4. The molecule has 0 fully saturated rings. The Kier molecular flexibility index (Phi) is 2.28. The molecule has 12 heavy (non-hydrogen) atoms. The number of hydrogen-bond donors (Lipinski definition) is 0. The Morgan fingerprint density at radius 3 is 2.75 bits per heavy atom. The predicted octanol–water partition coefficient (Wildman–Crippen LogP) is 0.198. The minimum absolute atomic E-state index is 0.0939. The van der Waals surface area contributed by atoms with Crippen LogP contribution in [0.3, 0.4) is 0 Å². The van der Waals surface area contributed by atoms with E-state index in [2.05, 4.69) is 4.74 Å². The van der Waals surface area contributed by atoms with Crippen LogP contribution in [0.4, 0.5) is 4.39 Å². The molecular formula is C8H6FO3-. The molecule has 1 aromatic rings. The molecular weight excluding hydrogens is 163 g/mol. The number of benzene rings is 1. The number of carbonyl (C=O) groups excluding carboxylic acids is 1. The van der Waals surface area contributed by atoms with Crippen molar-refractivity contribution in [3.8, 4) is 5.75 Å². The van der Waals surface area contributed by atoms with Gasteiger partial charge in [-0.05, 0) is 18.2 Å². The van der Waals surface area contributed by atoms with Crippen LogP contribution in [0, 0.1) is 5.82 Å². The van der Waals surface area contributed by atoms with Crippen LogP contribution in [0.15, 0.2) is 18.2 Å². The van der Waals surface area contributed by atoms with Crippen molar-refractivity contribution >= 4 is 5.97 Å². The smallest absolute Gasteiger partial charge is 0.128 e. The van der Waals surface area contributed by atoms with Crippen molar-refractivity contribution in [1.29, 1.82) is 0 Å². The average Bonchev–Trinajstić information content (AvgIpc) is 2.04. The van der Waals surface area contributed by atoms with E-state index in [-0.39, 0.29) is 11.3 Å². The van der Waals surface area contributed by atoms with Gasteiger partial charge in [0.2, 0.25) is 0 Å². The largest absolute Gasteiger partial charge is 0.545 e. The molecule has 3 nitrogen and oxygen atoms in total. The van der Waals surface area contributed by atoms with Crippen molar-refractivity contribution in [3.63, 3.8) is 0 Å². The third kappa shape index (κ3) is 1.53. The fraction of sp³-hybridized carbons (Fsp3) is 0.125. The van der Waals surface area contributed by atoms with E-state index >= 15 is 0 Å². The molecule has 0 bridgehead atoms. The molecule has 0 aliphatic heterocycles. The van der Waals surface area contributed by atoms with Crippen molar-refractivity contribution < 1.29 is 19.0 Å². The normalized spacial score (nSPS) is 9.50. The van der Waals surface area contributed by atoms with Crippen molar-refractivity contribution in [2.75, 3.05) is 7.11 Å². The van der Waals surface area contributed by atoms with Crippen molar-refractivity contribution in [2.45, 2.75) is 0 Å². The maximum Gasteiger partial charge on any atom is 0.128 e. The molecule has 1 aromatic carbocycles. The molecule has 0 unspecified atom stereocenters. The second-order valence-electron chi connectivity index (χ2n) is 2.13. The average molecular weight is 169 g/mol. The Bertz CT molecular complexity index is 309. The lowest BCUT2D eigenvalue weighted by Crippen LogP contribution is -2.23. The zero-order chi connectivity index (χ0) is 9.14. The van der Waals surface area contributed by atoms with E-state index < -0.39 is 11.8 Å². The molecule has 0 atom stereocenters. The highest BCUT2D eigenvalue weighted by Crippen LogP contribution is 2.17. The van der Waals surface area contributed by atoms with Crippen molar-refractivity contribution in [2.24, 2.45) is 0 Å². The second-order valence-corrected chi connectivity index (χ2v) is 2.13. The van der Waals surface area contributed by atoms with E-state index in [0.717, 1.165) is 12.1 Å². The maximum absolute atomic E-state index is 12.5. The SMILES string of the molecule is COc1ccc(F)cc1C(=O)[O-]. The molecule has 0 aromatic heterocycles. The van der Waals surface area contributed by atoms with Crippen molar-refractivity contribution in [3.05, 3.63) is 29.6 Å². The van der Waals surface area contributed by atoms with E-state index in [1.807, 2.05) is 0 Å². The maximum atomic E-state index is 12.5. The summed E-state index contributed by atoms with van der Waals surface area (Å²) < 4.78 is 17.2. The Labute approximate surface area is 68.4 Å². The molecule has 0 N–H and O–H groups in total. The number of carboxylic acid groups (broad SMARTS) is 1. The van der Waals surface area contributed by atoms with Gasteiger partial charge in [-0.15, -0.1) is 0 Å². The number of carbonyl (C=O) groups is 1. The summed E-state index contributed by atoms with van der Waals surface area (Å²) in [5, 5.41) is 10.4. The first-order valence-electron chi connectivity index (χ1n) is 3.20. The lowest BCUT2D eigenvalue weighted by atomic mass is 10.2. The summed E-state index contributed by atoms with van der Waals surface area (Å²) in [6.07, 6.45) is 0. The van der Waals surface area contributed by atoms with Gasteiger partial charge in [0.25, 0.3) is 0 Å². The fourth-order valence-corrected chi connectivity index (χ4v) is 0.840. The molecule has 0 amide bonds. The van der Waals surface area contributed by atoms with Gasteiger partial charge in [-0.3, -0.25) is 0 Å². The molecule has 0 aliphatic rings. The lowest BCUT2D eigenvalue weighted by Gasteiger charge is -2.08. The summed E-state index contributed by atoms with van der Waals surface area (Å²) in [6.45, 7) is 0. The Morgan fingerprint density at radius 2 is 2.25 bits per heavy atom. The van der Waals surface area contributed by atoms with E-state index in [4.69, 9.17) is 0 Å². The van der Waals surface area contributed by atoms with Crippen LogP contribution in [0.25, 0.3) is 0 Å². The first-order valence-corrected chi connectivity index (χ1v) is 3.20. The Hall–Kier alpha value is -1.58. The standard InChI is InChI=1S/C8H7FO3/c1-12-7-3-2-5(9)4-6(7)8(10)11/h2-4H,1H3,(H,10,11)/p-1. The molecule has 0 radical (unpaired) electrons. The van der Waals surface area contributed by atoms with Gasteiger partial charge >= 0.3 is 0 Å². The van der Waals surface area contributed by atoms with E-state index in [1.165, 1.54) is 13.2 Å². The number of halogens is 1. The molecule has 64 valence electrons. The first-order chi connectivity index (χ1) is 5.65. The molecule has 1 rings (SSSR count). The van der Waals surface area contributed by atoms with Crippen LogP contribution in [0.1, 0.15) is 10.4 Å². The molecule has 0 saturated carbocycles. The van der Waals surface area contributed by atoms with Crippen LogP contribution in [0.5, 0.6) is 5.75 Å². The molecule has 0 saturated heterocycles. The third-order valence-electron chi connectivity index (χ3n) is 1.38. The number of carboxylic acids is 1. The van der Waals surface area contributed by atoms with Gasteiger partial charge < -0.3 is 14.6 Å². The highest BCUT2D eigenvalue weighted by molar-refractivity contribution is 5.89. The minimum Gasteiger partial charge on any atom is -0.545 e. The summed E-state index contributed by atoms with van der Waals surface area (Å²) in [5.41, 5.74) is -0.280. The number of hydrogen-bond acceptors (Lipinski definition) is 3. The predicted molar refractivity (Wildman–Crippen MR) is 37.3 cm³/mol. The van der Waals surface area contributed by atoms with Crippen LogP contribution in [-0.2, 0) is 0 Å². The summed E-state index contributed by atoms with van der Waals surface area (Å²) in [7, 11) is 1.31. The van der Waals surface area contributed by atoms with Gasteiger partial charge in [0.15, 0.2) is 0 Å². The monoisotopic (exact) mass is 169 g/mol. The lowest BCUT2D eigenvalue weighted by molar-refractivity contribution is -0.255. The van der Waals surface area contributed by atoms with Gasteiger partial charge in [-0.25, -0.2) is 4.39 Å². The molecule has 0 spiro atoms. The quantitative estimate of drug-likeness (QED) is 0.635. The number of aromatic carboxylic acids is 1. The number of ether oxygens (including phenoxy) is 1. The number of rotatable bonds is 2.